The fourth-order valence-corrected chi connectivity index (χ4v) is 4.93. The molecule has 9 nitrogen and oxygen atoms in total. The summed E-state index contributed by atoms with van der Waals surface area (Å²) in [5.74, 6) is 1.07. The Labute approximate surface area is 203 Å². The fraction of sp³-hybridized carbons (Fsp3) is 0.200. The third-order valence-corrected chi connectivity index (χ3v) is 6.70. The van der Waals surface area contributed by atoms with E-state index in [9.17, 15) is 13.2 Å². The summed E-state index contributed by atoms with van der Waals surface area (Å²) in [7, 11) is 0.644. The Morgan fingerprint density at radius 2 is 1.54 bits per heavy atom. The van der Waals surface area contributed by atoms with Gasteiger partial charge in [0.25, 0.3) is 10.0 Å². The highest BCUT2D eigenvalue weighted by molar-refractivity contribution is 7.90. The van der Waals surface area contributed by atoms with E-state index in [1.54, 1.807) is 65.6 Å². The minimum Gasteiger partial charge on any atom is -0.497 e. The molecule has 0 fully saturated rings. The average molecular weight is 497 g/mol. The van der Waals surface area contributed by atoms with Gasteiger partial charge in [-0.15, -0.1) is 4.40 Å². The first-order valence-electron chi connectivity index (χ1n) is 10.6. The molecule has 0 saturated carbocycles. The number of carbonyl (C=O) groups is 1. The Bertz CT molecular complexity index is 1360. The molecule has 0 saturated heterocycles. The highest BCUT2D eigenvalue weighted by Gasteiger charge is 2.33. The van der Waals surface area contributed by atoms with E-state index in [2.05, 4.69) is 4.40 Å². The number of esters is 1. The van der Waals surface area contributed by atoms with Crippen molar-refractivity contribution in [2.45, 2.75) is 4.90 Å². The van der Waals surface area contributed by atoms with E-state index in [0.29, 0.717) is 28.5 Å². The maximum absolute atomic E-state index is 12.7. The van der Waals surface area contributed by atoms with Gasteiger partial charge in [0.15, 0.2) is 5.84 Å². The molecule has 0 atom stereocenters. The topological polar surface area (TPSA) is 104 Å². The number of rotatable bonds is 8. The summed E-state index contributed by atoms with van der Waals surface area (Å²) in [5, 5.41) is 0. The number of anilines is 1. The lowest BCUT2D eigenvalue weighted by atomic mass is 10.1. The predicted molar refractivity (Wildman–Crippen MR) is 130 cm³/mol. The van der Waals surface area contributed by atoms with E-state index in [4.69, 9.17) is 18.9 Å². The highest BCUT2D eigenvalue weighted by atomic mass is 32.2. The van der Waals surface area contributed by atoms with E-state index in [1.807, 2.05) is 0 Å². The normalized spacial score (nSPS) is 13.4. The minimum absolute atomic E-state index is 0.0579. The van der Waals surface area contributed by atoms with Crippen LogP contribution in [0.4, 0.5) is 5.69 Å². The third kappa shape index (κ3) is 4.92. The van der Waals surface area contributed by atoms with Gasteiger partial charge in [0.1, 0.15) is 28.8 Å². The number of amidine groups is 1. The number of sulfonamides is 1. The zero-order valence-corrected chi connectivity index (χ0v) is 20.2. The van der Waals surface area contributed by atoms with Crippen molar-refractivity contribution in [2.75, 3.05) is 39.4 Å². The van der Waals surface area contributed by atoms with Crippen LogP contribution >= 0.6 is 0 Å². The molecule has 182 valence electrons. The first kappa shape index (κ1) is 24.1. The van der Waals surface area contributed by atoms with Crippen molar-refractivity contribution in [1.29, 1.82) is 0 Å². The van der Waals surface area contributed by atoms with Gasteiger partial charge in [-0.05, 0) is 36.4 Å². The third-order valence-electron chi connectivity index (χ3n) is 5.38. The Hall–Kier alpha value is -4.05. The zero-order chi connectivity index (χ0) is 25.0. The van der Waals surface area contributed by atoms with Gasteiger partial charge in [-0.3, -0.25) is 0 Å². The van der Waals surface area contributed by atoms with E-state index >= 15 is 0 Å². The van der Waals surface area contributed by atoms with Crippen LogP contribution in [0.1, 0.15) is 15.9 Å². The molecular formula is C25H24N2O7S. The number of hydrogen-bond acceptors (Lipinski definition) is 8. The second-order valence-corrected chi connectivity index (χ2v) is 9.02. The van der Waals surface area contributed by atoms with Crippen molar-refractivity contribution in [3.8, 4) is 17.2 Å². The monoisotopic (exact) mass is 496 g/mol. The summed E-state index contributed by atoms with van der Waals surface area (Å²) < 4.78 is 50.8. The Morgan fingerprint density at radius 3 is 2.23 bits per heavy atom. The lowest BCUT2D eigenvalue weighted by Crippen LogP contribution is -2.34. The zero-order valence-electron chi connectivity index (χ0n) is 19.4. The lowest BCUT2D eigenvalue weighted by molar-refractivity contribution is 0.0516. The summed E-state index contributed by atoms with van der Waals surface area (Å²) in [6.07, 6.45) is 0. The highest BCUT2D eigenvalue weighted by Crippen LogP contribution is 2.34. The molecule has 3 aromatic carbocycles. The molecule has 0 unspecified atom stereocenters. The van der Waals surface area contributed by atoms with Crippen LogP contribution in [0, 0.1) is 0 Å². The molecule has 4 rings (SSSR count). The van der Waals surface area contributed by atoms with Gasteiger partial charge in [-0.2, -0.15) is 8.42 Å². The van der Waals surface area contributed by atoms with Gasteiger partial charge >= 0.3 is 5.97 Å². The van der Waals surface area contributed by atoms with Gasteiger partial charge in [0.2, 0.25) is 0 Å². The van der Waals surface area contributed by atoms with E-state index < -0.39 is 16.0 Å². The van der Waals surface area contributed by atoms with Crippen LogP contribution in [0.2, 0.25) is 0 Å². The Kier molecular flexibility index (Phi) is 6.92. The molecule has 0 bridgehead atoms. The molecule has 1 heterocycles. The van der Waals surface area contributed by atoms with Crippen LogP contribution in [0.3, 0.4) is 0 Å². The molecule has 1 aliphatic heterocycles. The largest absolute Gasteiger partial charge is 0.497 e. The van der Waals surface area contributed by atoms with Crippen LogP contribution < -0.4 is 19.1 Å². The first-order chi connectivity index (χ1) is 16.9. The van der Waals surface area contributed by atoms with Gasteiger partial charge in [0.05, 0.1) is 39.1 Å². The number of hydrogen-bond donors (Lipinski definition) is 0. The molecule has 0 spiro atoms. The maximum Gasteiger partial charge on any atom is 0.338 e. The van der Waals surface area contributed by atoms with E-state index in [0.717, 1.165) is 0 Å². The van der Waals surface area contributed by atoms with Crippen molar-refractivity contribution in [3.63, 3.8) is 0 Å². The minimum atomic E-state index is -3.86. The molecule has 1 aliphatic rings. The molecule has 0 aromatic heterocycles. The molecule has 0 radical (unpaired) electrons. The SMILES string of the molecule is COc1cc(OC)cc(C(=O)OCCN(C2=NS(=O)(=O)c3ccccc32)c2ccccc2OC)c1. The standard InChI is InChI=1S/C25H24N2O7S/c1-31-18-14-17(15-19(16-18)32-2)25(28)34-13-12-27(21-9-5-6-10-22(21)33-3)24-20-8-4-7-11-23(20)35(29,30)26-24/h4-11,14-16H,12-13H2,1-3H3. The van der Waals surface area contributed by atoms with Crippen molar-refractivity contribution in [1.82, 2.24) is 0 Å². The van der Waals surface area contributed by atoms with Crippen LogP contribution in [0.5, 0.6) is 17.2 Å². The predicted octanol–water partition coefficient (Wildman–Crippen LogP) is 3.52. The van der Waals surface area contributed by atoms with Crippen molar-refractivity contribution in [2.24, 2.45) is 4.40 Å². The number of nitrogens with zero attached hydrogens (tertiary/aromatic N) is 2. The first-order valence-corrected chi connectivity index (χ1v) is 12.1. The summed E-state index contributed by atoms with van der Waals surface area (Å²) in [4.78, 5) is 14.5. The quantitative estimate of drug-likeness (QED) is 0.437. The van der Waals surface area contributed by atoms with Crippen molar-refractivity contribution in [3.05, 3.63) is 77.9 Å². The van der Waals surface area contributed by atoms with E-state index in [-0.39, 0.29) is 29.4 Å². The number of methoxy groups -OCH3 is 3. The number of para-hydroxylation sites is 2. The summed E-state index contributed by atoms with van der Waals surface area (Å²) in [5.41, 5.74) is 1.30. The lowest BCUT2D eigenvalue weighted by Gasteiger charge is -2.26. The molecule has 0 amide bonds. The smallest absolute Gasteiger partial charge is 0.338 e. The van der Waals surface area contributed by atoms with Crippen LogP contribution in [-0.2, 0) is 14.8 Å². The summed E-state index contributed by atoms with van der Waals surface area (Å²) in [6.45, 7) is 0.0630. The number of fused-ring (bicyclic) bond motifs is 1. The van der Waals surface area contributed by atoms with Gasteiger partial charge in [-0.25, -0.2) is 4.79 Å². The average Bonchev–Trinajstić information content (AvgIpc) is 3.16. The van der Waals surface area contributed by atoms with Gasteiger partial charge in [0, 0.05) is 11.6 Å². The molecule has 0 aliphatic carbocycles. The molecule has 35 heavy (non-hydrogen) atoms. The second kappa shape index (κ2) is 10.1. The second-order valence-electron chi connectivity index (χ2n) is 7.45. The molecule has 10 heteroatoms. The van der Waals surface area contributed by atoms with Crippen LogP contribution in [0.15, 0.2) is 76.0 Å². The van der Waals surface area contributed by atoms with E-state index in [1.165, 1.54) is 27.4 Å². The maximum atomic E-state index is 12.7. The number of carbonyl (C=O) groups excluding carboxylic acids is 1. The Balaban J connectivity index is 1.63. The molecule has 3 aromatic rings. The van der Waals surface area contributed by atoms with Crippen molar-refractivity contribution < 1.29 is 32.2 Å². The van der Waals surface area contributed by atoms with Gasteiger partial charge < -0.3 is 23.8 Å². The number of benzene rings is 3. The van der Waals surface area contributed by atoms with Gasteiger partial charge in [-0.1, -0.05) is 24.3 Å². The van der Waals surface area contributed by atoms with Crippen LogP contribution in [-0.4, -0.2) is 54.7 Å². The fourth-order valence-electron chi connectivity index (χ4n) is 3.71. The van der Waals surface area contributed by atoms with Crippen molar-refractivity contribution >= 4 is 27.5 Å². The summed E-state index contributed by atoms with van der Waals surface area (Å²) in [6, 6.07) is 18.5. The molecule has 0 N–H and O–H groups in total. The summed E-state index contributed by atoms with van der Waals surface area (Å²) >= 11 is 0. The Morgan fingerprint density at radius 1 is 0.886 bits per heavy atom. The van der Waals surface area contributed by atoms with Crippen LogP contribution in [0.25, 0.3) is 0 Å². The number of ether oxygens (including phenoxy) is 4. The molecular weight excluding hydrogens is 472 g/mol.